The molecule has 0 spiro atoms. The second-order valence-electron chi connectivity index (χ2n) is 9.20. The van der Waals surface area contributed by atoms with Gasteiger partial charge in [-0.1, -0.05) is 18.2 Å². The van der Waals surface area contributed by atoms with E-state index >= 15 is 0 Å². The Morgan fingerprint density at radius 1 is 1.00 bits per heavy atom. The summed E-state index contributed by atoms with van der Waals surface area (Å²) >= 11 is 0. The fraction of sp³-hybridized carbons (Fsp3) is 0.462. The first kappa shape index (κ1) is 21.8. The van der Waals surface area contributed by atoms with E-state index in [9.17, 15) is 9.59 Å². The lowest BCUT2D eigenvalue weighted by Crippen LogP contribution is -2.50. The molecule has 2 aromatic carbocycles. The number of hydrogen-bond acceptors (Lipinski definition) is 5. The Kier molecular flexibility index (Phi) is 6.48. The summed E-state index contributed by atoms with van der Waals surface area (Å²) in [5.41, 5.74) is 3.68. The van der Waals surface area contributed by atoms with E-state index in [0.29, 0.717) is 12.1 Å². The number of amides is 2. The highest BCUT2D eigenvalue weighted by Gasteiger charge is 2.34. The van der Waals surface area contributed by atoms with Gasteiger partial charge in [-0.05, 0) is 62.6 Å². The summed E-state index contributed by atoms with van der Waals surface area (Å²) < 4.78 is 0. The number of fused-ring (bicyclic) bond motifs is 3. The zero-order valence-electron chi connectivity index (χ0n) is 19.1. The molecule has 5 rings (SSSR count). The molecule has 7 heteroatoms. The van der Waals surface area contributed by atoms with Crippen LogP contribution in [0.2, 0.25) is 0 Å². The van der Waals surface area contributed by atoms with Gasteiger partial charge >= 0.3 is 0 Å². The zero-order chi connectivity index (χ0) is 22.6. The number of piperidine rings is 1. The SMILES string of the molecule is O=C(NCCCN1CCN(c2ccccc2)CC1)c1ccc2c(c1)NC(=O)C1CCCCN21. The van der Waals surface area contributed by atoms with Gasteiger partial charge < -0.3 is 20.4 Å². The number of rotatable bonds is 6. The topological polar surface area (TPSA) is 67.9 Å². The number of nitrogens with zero attached hydrogens (tertiary/aromatic N) is 3. The van der Waals surface area contributed by atoms with Gasteiger partial charge in [0.25, 0.3) is 5.91 Å². The molecule has 2 N–H and O–H groups in total. The molecule has 33 heavy (non-hydrogen) atoms. The molecule has 0 aromatic heterocycles. The van der Waals surface area contributed by atoms with Crippen molar-refractivity contribution in [2.75, 3.05) is 60.9 Å². The van der Waals surface area contributed by atoms with Gasteiger partial charge in [0, 0.05) is 50.5 Å². The lowest BCUT2D eigenvalue weighted by molar-refractivity contribution is -0.118. The van der Waals surface area contributed by atoms with Crippen LogP contribution < -0.4 is 20.4 Å². The molecule has 3 aliphatic rings. The van der Waals surface area contributed by atoms with Gasteiger partial charge in [0.15, 0.2) is 0 Å². The highest BCUT2D eigenvalue weighted by atomic mass is 16.2. The molecule has 2 fully saturated rings. The van der Waals surface area contributed by atoms with Crippen LogP contribution in [0, 0.1) is 0 Å². The van der Waals surface area contributed by atoms with Crippen molar-refractivity contribution in [1.29, 1.82) is 0 Å². The first-order valence-electron chi connectivity index (χ1n) is 12.2. The fourth-order valence-electron chi connectivity index (χ4n) is 5.21. The van der Waals surface area contributed by atoms with Crippen LogP contribution in [-0.4, -0.2) is 68.6 Å². The third-order valence-corrected chi connectivity index (χ3v) is 7.06. The van der Waals surface area contributed by atoms with Crippen LogP contribution in [0.15, 0.2) is 48.5 Å². The van der Waals surface area contributed by atoms with E-state index in [2.05, 4.69) is 55.7 Å². The number of carbonyl (C=O) groups is 2. The van der Waals surface area contributed by atoms with Crippen molar-refractivity contribution in [3.63, 3.8) is 0 Å². The van der Waals surface area contributed by atoms with Crippen molar-refractivity contribution in [2.24, 2.45) is 0 Å². The minimum atomic E-state index is -0.0817. The van der Waals surface area contributed by atoms with E-state index in [1.165, 1.54) is 5.69 Å². The van der Waals surface area contributed by atoms with Gasteiger partial charge in [-0.2, -0.15) is 0 Å². The summed E-state index contributed by atoms with van der Waals surface area (Å²) in [5, 5.41) is 6.05. The van der Waals surface area contributed by atoms with Crippen molar-refractivity contribution in [1.82, 2.24) is 10.2 Å². The number of para-hydroxylation sites is 1. The fourth-order valence-corrected chi connectivity index (χ4v) is 5.21. The molecule has 1 atom stereocenters. The molecule has 0 radical (unpaired) electrons. The first-order valence-corrected chi connectivity index (χ1v) is 12.2. The number of benzene rings is 2. The summed E-state index contributed by atoms with van der Waals surface area (Å²) in [7, 11) is 0. The molecule has 0 saturated carbocycles. The Balaban J connectivity index is 1.08. The number of carbonyl (C=O) groups excluding carboxylic acids is 2. The van der Waals surface area contributed by atoms with Crippen LogP contribution in [0.1, 0.15) is 36.0 Å². The summed E-state index contributed by atoms with van der Waals surface area (Å²) in [4.78, 5) is 32.3. The van der Waals surface area contributed by atoms with E-state index in [0.717, 1.165) is 76.3 Å². The quantitative estimate of drug-likeness (QED) is 0.667. The number of nitrogens with one attached hydrogen (secondary N) is 2. The average Bonchev–Trinajstić information content (AvgIpc) is 2.87. The van der Waals surface area contributed by atoms with Crippen LogP contribution in [0.5, 0.6) is 0 Å². The maximum Gasteiger partial charge on any atom is 0.251 e. The molecular weight excluding hydrogens is 414 g/mol. The third kappa shape index (κ3) is 4.83. The van der Waals surface area contributed by atoms with Gasteiger partial charge in [0.05, 0.1) is 11.4 Å². The van der Waals surface area contributed by atoms with E-state index in [-0.39, 0.29) is 17.9 Å². The normalized spacial score (nSPS) is 20.6. The van der Waals surface area contributed by atoms with Gasteiger partial charge in [0.1, 0.15) is 6.04 Å². The lowest BCUT2D eigenvalue weighted by Gasteiger charge is -2.41. The Hall–Kier alpha value is -3.06. The molecule has 0 aliphatic carbocycles. The molecule has 0 bridgehead atoms. The van der Waals surface area contributed by atoms with E-state index < -0.39 is 0 Å². The molecule has 1 unspecified atom stereocenters. The minimum Gasteiger partial charge on any atom is -0.369 e. The maximum atomic E-state index is 12.7. The Morgan fingerprint density at radius 3 is 2.64 bits per heavy atom. The van der Waals surface area contributed by atoms with Crippen molar-refractivity contribution in [2.45, 2.75) is 31.7 Å². The van der Waals surface area contributed by atoms with Gasteiger partial charge in [0.2, 0.25) is 5.91 Å². The monoisotopic (exact) mass is 447 g/mol. The lowest BCUT2D eigenvalue weighted by atomic mass is 9.97. The molecule has 2 saturated heterocycles. The minimum absolute atomic E-state index is 0.0483. The predicted octanol–water partition coefficient (Wildman–Crippen LogP) is 2.94. The standard InChI is InChI=1S/C26H33N5O2/c32-25(20-10-11-23-22(19-20)28-26(33)24-9-4-5-14-31(23)24)27-12-6-13-29-15-17-30(18-16-29)21-7-2-1-3-8-21/h1-3,7-8,10-11,19,24H,4-6,9,12-18H2,(H,27,32)(H,28,33). The average molecular weight is 448 g/mol. The van der Waals surface area contributed by atoms with Crippen molar-refractivity contribution < 1.29 is 9.59 Å². The van der Waals surface area contributed by atoms with E-state index in [4.69, 9.17) is 0 Å². The van der Waals surface area contributed by atoms with Gasteiger partial charge in [-0.15, -0.1) is 0 Å². The van der Waals surface area contributed by atoms with Crippen molar-refractivity contribution in [3.05, 3.63) is 54.1 Å². The molecule has 3 aliphatic heterocycles. The molecular formula is C26H33N5O2. The number of anilines is 3. The highest BCUT2D eigenvalue weighted by molar-refractivity contribution is 6.05. The summed E-state index contributed by atoms with van der Waals surface area (Å²) in [6, 6.07) is 16.2. The van der Waals surface area contributed by atoms with E-state index in [1.807, 2.05) is 18.2 Å². The molecule has 174 valence electrons. The van der Waals surface area contributed by atoms with Crippen molar-refractivity contribution >= 4 is 28.9 Å². The van der Waals surface area contributed by atoms with Gasteiger partial charge in [-0.3, -0.25) is 14.5 Å². The highest BCUT2D eigenvalue weighted by Crippen LogP contribution is 2.36. The van der Waals surface area contributed by atoms with Crippen LogP contribution in [0.25, 0.3) is 0 Å². The first-order chi connectivity index (χ1) is 16.2. The molecule has 2 aromatic rings. The summed E-state index contributed by atoms with van der Waals surface area (Å²) in [6.45, 7) is 6.70. The predicted molar refractivity (Wildman–Crippen MR) is 132 cm³/mol. The van der Waals surface area contributed by atoms with Crippen LogP contribution in [-0.2, 0) is 4.79 Å². The molecule has 2 amide bonds. The number of hydrogen-bond donors (Lipinski definition) is 2. The second-order valence-corrected chi connectivity index (χ2v) is 9.20. The number of piperazine rings is 1. The van der Waals surface area contributed by atoms with E-state index in [1.54, 1.807) is 0 Å². The molecule has 7 nitrogen and oxygen atoms in total. The summed E-state index contributed by atoms with van der Waals surface area (Å²) in [5.74, 6) is -0.0335. The van der Waals surface area contributed by atoms with Crippen molar-refractivity contribution in [3.8, 4) is 0 Å². The largest absolute Gasteiger partial charge is 0.369 e. The Labute approximate surface area is 195 Å². The molecule has 3 heterocycles. The smallest absolute Gasteiger partial charge is 0.251 e. The van der Waals surface area contributed by atoms with Crippen LogP contribution >= 0.6 is 0 Å². The van der Waals surface area contributed by atoms with Gasteiger partial charge in [-0.25, -0.2) is 0 Å². The Morgan fingerprint density at radius 2 is 1.82 bits per heavy atom. The van der Waals surface area contributed by atoms with Crippen LogP contribution in [0.4, 0.5) is 17.1 Å². The summed E-state index contributed by atoms with van der Waals surface area (Å²) in [6.07, 6.45) is 4.02. The van der Waals surface area contributed by atoms with Crippen LogP contribution in [0.3, 0.4) is 0 Å². The maximum absolute atomic E-state index is 12.7. The zero-order valence-corrected chi connectivity index (χ0v) is 19.1. The third-order valence-electron chi connectivity index (χ3n) is 7.06. The Bertz CT molecular complexity index is 987. The second kappa shape index (κ2) is 9.83.